The Bertz CT molecular complexity index is 346. The second-order valence-corrected chi connectivity index (χ2v) is 6.29. The predicted octanol–water partition coefficient (Wildman–Crippen LogP) is 1.70. The summed E-state index contributed by atoms with van der Waals surface area (Å²) in [6.07, 6.45) is 9.31. The maximum absolute atomic E-state index is 12.3. The van der Waals surface area contributed by atoms with Crippen LogP contribution in [0.1, 0.15) is 32.6 Å². The zero-order chi connectivity index (χ0) is 12.5. The van der Waals surface area contributed by atoms with Crippen molar-refractivity contribution in [1.29, 1.82) is 0 Å². The summed E-state index contributed by atoms with van der Waals surface area (Å²) < 4.78 is 0. The van der Waals surface area contributed by atoms with Crippen molar-refractivity contribution in [2.75, 3.05) is 13.1 Å². The lowest BCUT2D eigenvalue weighted by Crippen LogP contribution is -2.46. The van der Waals surface area contributed by atoms with Crippen molar-refractivity contribution in [2.45, 2.75) is 38.6 Å². The summed E-state index contributed by atoms with van der Waals surface area (Å²) in [5, 5.41) is 6.69. The molecule has 1 heterocycles. The molecular formula is C15H24N2O. The maximum Gasteiger partial charge on any atom is 0.223 e. The van der Waals surface area contributed by atoms with Gasteiger partial charge in [0.2, 0.25) is 5.91 Å². The lowest BCUT2D eigenvalue weighted by Gasteiger charge is -2.30. The number of allylic oxidation sites excluding steroid dienone is 2. The van der Waals surface area contributed by atoms with E-state index in [0.717, 1.165) is 19.5 Å². The molecule has 0 aromatic heterocycles. The predicted molar refractivity (Wildman–Crippen MR) is 72.0 cm³/mol. The van der Waals surface area contributed by atoms with Gasteiger partial charge in [-0.2, -0.15) is 0 Å². The molecule has 3 rings (SSSR count). The van der Waals surface area contributed by atoms with Crippen molar-refractivity contribution in [3.63, 3.8) is 0 Å². The van der Waals surface area contributed by atoms with Gasteiger partial charge in [-0.1, -0.05) is 12.2 Å². The molecule has 3 aliphatic rings. The molecule has 2 bridgehead atoms. The van der Waals surface area contributed by atoms with Crippen molar-refractivity contribution >= 4 is 5.91 Å². The van der Waals surface area contributed by atoms with Crippen molar-refractivity contribution in [3.8, 4) is 0 Å². The van der Waals surface area contributed by atoms with Crippen LogP contribution in [0.3, 0.4) is 0 Å². The highest BCUT2D eigenvalue weighted by Gasteiger charge is 2.40. The normalized spacial score (nSPS) is 39.8. The van der Waals surface area contributed by atoms with Crippen molar-refractivity contribution < 1.29 is 4.79 Å². The van der Waals surface area contributed by atoms with Gasteiger partial charge in [-0.25, -0.2) is 0 Å². The number of piperidine rings is 1. The highest BCUT2D eigenvalue weighted by molar-refractivity contribution is 5.80. The zero-order valence-electron chi connectivity index (χ0n) is 11.2. The van der Waals surface area contributed by atoms with Crippen LogP contribution in [-0.2, 0) is 4.79 Å². The summed E-state index contributed by atoms with van der Waals surface area (Å²) in [5.41, 5.74) is 0. The van der Waals surface area contributed by atoms with Crippen molar-refractivity contribution in [1.82, 2.24) is 10.6 Å². The van der Waals surface area contributed by atoms with E-state index in [-0.39, 0.29) is 5.92 Å². The van der Waals surface area contributed by atoms with Crippen LogP contribution in [0.15, 0.2) is 12.2 Å². The SMILES string of the molecule is CC(NC(=O)C1CC2C=CC1C2)C1CCCNC1. The van der Waals surface area contributed by atoms with Crippen LogP contribution in [0.4, 0.5) is 0 Å². The van der Waals surface area contributed by atoms with E-state index in [1.165, 1.54) is 19.3 Å². The van der Waals surface area contributed by atoms with E-state index in [1.54, 1.807) is 0 Å². The molecule has 100 valence electrons. The molecule has 5 unspecified atom stereocenters. The molecule has 1 amide bonds. The van der Waals surface area contributed by atoms with E-state index in [9.17, 15) is 4.79 Å². The molecule has 3 heteroatoms. The third-order valence-corrected chi connectivity index (χ3v) is 5.03. The van der Waals surface area contributed by atoms with Crippen LogP contribution in [0.5, 0.6) is 0 Å². The number of hydrogen-bond donors (Lipinski definition) is 2. The lowest BCUT2D eigenvalue weighted by atomic mass is 9.90. The number of amides is 1. The van der Waals surface area contributed by atoms with Crippen LogP contribution in [0.25, 0.3) is 0 Å². The third-order valence-electron chi connectivity index (χ3n) is 5.03. The zero-order valence-corrected chi connectivity index (χ0v) is 11.2. The van der Waals surface area contributed by atoms with E-state index in [4.69, 9.17) is 0 Å². The summed E-state index contributed by atoms with van der Waals surface area (Å²) in [6, 6.07) is 0.313. The van der Waals surface area contributed by atoms with Gasteiger partial charge in [-0.05, 0) is 63.5 Å². The molecule has 18 heavy (non-hydrogen) atoms. The van der Waals surface area contributed by atoms with Gasteiger partial charge in [-0.15, -0.1) is 0 Å². The molecule has 0 aromatic rings. The van der Waals surface area contributed by atoms with Crippen LogP contribution in [0, 0.1) is 23.7 Å². The number of nitrogens with one attached hydrogen (secondary N) is 2. The van der Waals surface area contributed by atoms with Gasteiger partial charge >= 0.3 is 0 Å². The van der Waals surface area contributed by atoms with Gasteiger partial charge in [0.15, 0.2) is 0 Å². The quantitative estimate of drug-likeness (QED) is 0.746. The van der Waals surface area contributed by atoms with Gasteiger partial charge in [-0.3, -0.25) is 4.79 Å². The Balaban J connectivity index is 1.52. The minimum Gasteiger partial charge on any atom is -0.353 e. The Morgan fingerprint density at radius 1 is 1.39 bits per heavy atom. The van der Waals surface area contributed by atoms with E-state index < -0.39 is 0 Å². The molecule has 2 N–H and O–H groups in total. The molecular weight excluding hydrogens is 224 g/mol. The molecule has 2 aliphatic carbocycles. The standard InChI is InChI=1S/C15H24N2O/c1-10(13-3-2-6-16-9-13)17-15(18)14-8-11-4-5-12(14)7-11/h4-5,10-14,16H,2-3,6-9H2,1H3,(H,17,18). The number of hydrogen-bond acceptors (Lipinski definition) is 2. The summed E-state index contributed by atoms with van der Waals surface area (Å²) in [6.45, 7) is 4.35. The molecule has 1 saturated carbocycles. The first-order valence-electron chi connectivity index (χ1n) is 7.43. The van der Waals surface area contributed by atoms with Crippen LogP contribution >= 0.6 is 0 Å². The highest BCUT2D eigenvalue weighted by Crippen LogP contribution is 2.43. The van der Waals surface area contributed by atoms with Gasteiger partial charge in [0.25, 0.3) is 0 Å². The van der Waals surface area contributed by atoms with Gasteiger partial charge in [0.1, 0.15) is 0 Å². The number of carbonyl (C=O) groups excluding carboxylic acids is 1. The molecule has 0 spiro atoms. The second kappa shape index (κ2) is 5.04. The fourth-order valence-electron chi connectivity index (χ4n) is 3.84. The number of fused-ring (bicyclic) bond motifs is 2. The smallest absolute Gasteiger partial charge is 0.223 e. The van der Waals surface area contributed by atoms with E-state index >= 15 is 0 Å². The van der Waals surface area contributed by atoms with Crippen molar-refractivity contribution in [3.05, 3.63) is 12.2 Å². The molecule has 2 fully saturated rings. The molecule has 3 nitrogen and oxygen atoms in total. The summed E-state index contributed by atoms with van der Waals surface area (Å²) in [5.74, 6) is 2.35. The fraction of sp³-hybridized carbons (Fsp3) is 0.800. The van der Waals surface area contributed by atoms with Crippen LogP contribution in [0.2, 0.25) is 0 Å². The maximum atomic E-state index is 12.3. The molecule has 1 aliphatic heterocycles. The summed E-state index contributed by atoms with van der Waals surface area (Å²) >= 11 is 0. The van der Waals surface area contributed by atoms with E-state index in [1.807, 2.05) is 0 Å². The average molecular weight is 248 g/mol. The molecule has 0 radical (unpaired) electrons. The first-order chi connectivity index (χ1) is 8.74. The van der Waals surface area contributed by atoms with Crippen LogP contribution < -0.4 is 10.6 Å². The van der Waals surface area contributed by atoms with Gasteiger partial charge in [0.05, 0.1) is 0 Å². The Morgan fingerprint density at radius 3 is 2.89 bits per heavy atom. The topological polar surface area (TPSA) is 41.1 Å². The van der Waals surface area contributed by atoms with Gasteiger partial charge in [0, 0.05) is 12.0 Å². The average Bonchev–Trinajstić information content (AvgIpc) is 3.02. The second-order valence-electron chi connectivity index (χ2n) is 6.29. The fourth-order valence-corrected chi connectivity index (χ4v) is 3.84. The molecule has 1 saturated heterocycles. The first-order valence-corrected chi connectivity index (χ1v) is 7.43. The van der Waals surface area contributed by atoms with E-state index in [2.05, 4.69) is 29.7 Å². The number of rotatable bonds is 3. The first kappa shape index (κ1) is 12.2. The van der Waals surface area contributed by atoms with Gasteiger partial charge < -0.3 is 10.6 Å². The minimum atomic E-state index is 0.249. The Labute approximate surface area is 109 Å². The Morgan fingerprint density at radius 2 is 2.28 bits per heavy atom. The molecule has 5 atom stereocenters. The van der Waals surface area contributed by atoms with Crippen LogP contribution in [-0.4, -0.2) is 25.0 Å². The Kier molecular flexibility index (Phi) is 3.42. The largest absolute Gasteiger partial charge is 0.353 e. The lowest BCUT2D eigenvalue weighted by molar-refractivity contribution is -0.126. The minimum absolute atomic E-state index is 0.249. The Hall–Kier alpha value is -0.830. The molecule has 0 aromatic carbocycles. The summed E-state index contributed by atoms with van der Waals surface area (Å²) in [7, 11) is 0. The monoisotopic (exact) mass is 248 g/mol. The number of carbonyl (C=O) groups is 1. The van der Waals surface area contributed by atoms with E-state index in [0.29, 0.717) is 29.7 Å². The highest BCUT2D eigenvalue weighted by atomic mass is 16.2. The third kappa shape index (κ3) is 2.33. The summed E-state index contributed by atoms with van der Waals surface area (Å²) in [4.78, 5) is 12.3. The van der Waals surface area contributed by atoms with Crippen molar-refractivity contribution in [2.24, 2.45) is 23.7 Å².